The molecule has 0 bridgehead atoms. The first-order chi connectivity index (χ1) is 24.0. The van der Waals surface area contributed by atoms with E-state index in [0.29, 0.717) is 5.92 Å². The highest BCUT2D eigenvalue weighted by Crippen LogP contribution is 2.44. The molecule has 1 unspecified atom stereocenters. The molecule has 0 N–H and O–H groups in total. The molecule has 0 fully saturated rings. The molecule has 1 aliphatic rings. The summed E-state index contributed by atoms with van der Waals surface area (Å²) in [6.07, 6.45) is 16.8. The van der Waals surface area contributed by atoms with Crippen molar-refractivity contribution in [1.29, 1.82) is 0 Å². The van der Waals surface area contributed by atoms with Gasteiger partial charge in [-0.05, 0) is 121 Å². The van der Waals surface area contributed by atoms with Crippen LogP contribution in [0.2, 0.25) is 0 Å². The van der Waals surface area contributed by atoms with Crippen molar-refractivity contribution in [2.24, 2.45) is 5.92 Å². The second kappa shape index (κ2) is 12.6. The van der Waals surface area contributed by atoms with Crippen molar-refractivity contribution in [2.75, 3.05) is 0 Å². The van der Waals surface area contributed by atoms with Crippen molar-refractivity contribution in [3.05, 3.63) is 150 Å². The molecule has 5 aromatic carbocycles. The minimum absolute atomic E-state index is 0.591. The number of fused-ring (bicyclic) bond motifs is 6. The second-order valence-electron chi connectivity index (χ2n) is 13.6. The van der Waals surface area contributed by atoms with Gasteiger partial charge in [0, 0.05) is 32.9 Å². The van der Waals surface area contributed by atoms with E-state index in [-0.39, 0.29) is 0 Å². The maximum Gasteiger partial charge on any atom is 0.0544 e. The Bertz CT molecular complexity index is 2510. The van der Waals surface area contributed by atoms with Crippen molar-refractivity contribution >= 4 is 54.9 Å². The molecule has 7 aromatic rings. The Morgan fingerprint density at radius 1 is 0.776 bits per heavy atom. The molecule has 49 heavy (non-hydrogen) atoms. The third kappa shape index (κ3) is 5.01. The molecule has 1 aliphatic carbocycles. The molecule has 2 heterocycles. The van der Waals surface area contributed by atoms with E-state index in [0.717, 1.165) is 19.3 Å². The number of hydrogen-bond donors (Lipinski definition) is 0. The monoisotopic (exact) mass is 636 g/mol. The number of aryl methyl sites for hydroxylation is 2. The summed E-state index contributed by atoms with van der Waals surface area (Å²) >= 11 is 0. The topological polar surface area (TPSA) is 9.86 Å². The van der Waals surface area contributed by atoms with E-state index >= 15 is 0 Å². The van der Waals surface area contributed by atoms with E-state index < -0.39 is 0 Å². The SMILES string of the molecule is C/C=C\C(=C/C)n1c2ccccc2c2c(CCC)c(-c3ccc4c(c3C)c3cc(C5=CCC(C)C=C5)ccc3n4-c3ccccc3)ccc21. The van der Waals surface area contributed by atoms with Gasteiger partial charge in [-0.3, -0.25) is 0 Å². The summed E-state index contributed by atoms with van der Waals surface area (Å²) in [4.78, 5) is 0. The van der Waals surface area contributed by atoms with Crippen molar-refractivity contribution in [3.8, 4) is 16.8 Å². The van der Waals surface area contributed by atoms with E-state index in [4.69, 9.17) is 0 Å². The average molecular weight is 637 g/mol. The third-order valence-electron chi connectivity index (χ3n) is 10.5. The Morgan fingerprint density at radius 2 is 1.53 bits per heavy atom. The first kappa shape index (κ1) is 31.0. The first-order valence-corrected chi connectivity index (χ1v) is 17.9. The van der Waals surface area contributed by atoms with Crippen LogP contribution in [-0.2, 0) is 6.42 Å². The molecule has 0 radical (unpaired) electrons. The smallest absolute Gasteiger partial charge is 0.0544 e. The number of aromatic nitrogens is 2. The van der Waals surface area contributed by atoms with Crippen molar-refractivity contribution in [2.45, 2.75) is 53.9 Å². The van der Waals surface area contributed by atoms with Gasteiger partial charge in [0.05, 0.1) is 22.1 Å². The van der Waals surface area contributed by atoms with Gasteiger partial charge in [0.1, 0.15) is 0 Å². The number of hydrogen-bond acceptors (Lipinski definition) is 0. The minimum Gasteiger partial charge on any atom is -0.310 e. The highest BCUT2D eigenvalue weighted by atomic mass is 15.0. The molecule has 0 saturated heterocycles. The Balaban J connectivity index is 1.43. The fraction of sp³-hybridized carbons (Fsp3) is 0.191. The standard InChI is InChI=1S/C47H44N2/c1-6-14-35(8-3)48-42-19-13-12-18-40(42)47-39(15-7-2)38(26-29-45(47)48)37-25-28-44-46(32(37)5)41-30-34(33-22-20-31(4)21-23-33)24-27-43(41)49(44)36-16-10-9-11-17-36/h6,8-14,16-20,22-31H,7,15,21H2,1-5H3/b14-6-,35-8+. The van der Waals surface area contributed by atoms with Gasteiger partial charge in [0.2, 0.25) is 0 Å². The van der Waals surface area contributed by atoms with E-state index in [1.807, 2.05) is 0 Å². The van der Waals surface area contributed by atoms with Crippen molar-refractivity contribution in [1.82, 2.24) is 9.13 Å². The quantitative estimate of drug-likeness (QED) is 0.154. The fourth-order valence-electron chi connectivity index (χ4n) is 8.20. The van der Waals surface area contributed by atoms with Gasteiger partial charge in [-0.1, -0.05) is 105 Å². The first-order valence-electron chi connectivity index (χ1n) is 17.9. The lowest BCUT2D eigenvalue weighted by Crippen LogP contribution is -1.97. The summed E-state index contributed by atoms with van der Waals surface area (Å²) < 4.78 is 4.88. The lowest BCUT2D eigenvalue weighted by molar-refractivity contribution is 0.739. The van der Waals surface area contributed by atoms with Crippen LogP contribution in [-0.4, -0.2) is 9.13 Å². The molecule has 2 aromatic heterocycles. The Labute approximate surface area is 290 Å². The third-order valence-corrected chi connectivity index (χ3v) is 10.5. The summed E-state index contributed by atoms with van der Waals surface area (Å²) in [6, 6.07) is 36.3. The molecule has 8 rings (SSSR count). The van der Waals surface area contributed by atoms with Crippen LogP contribution in [0.1, 0.15) is 57.2 Å². The number of rotatable bonds is 7. The van der Waals surface area contributed by atoms with Gasteiger partial charge in [-0.2, -0.15) is 0 Å². The van der Waals surface area contributed by atoms with E-state index in [2.05, 4.69) is 177 Å². The van der Waals surface area contributed by atoms with Gasteiger partial charge >= 0.3 is 0 Å². The molecule has 0 spiro atoms. The molecule has 242 valence electrons. The summed E-state index contributed by atoms with van der Waals surface area (Å²) in [5.41, 5.74) is 15.4. The molecule has 2 heteroatoms. The lowest BCUT2D eigenvalue weighted by Gasteiger charge is -2.16. The summed E-state index contributed by atoms with van der Waals surface area (Å²) in [5.74, 6) is 0.591. The van der Waals surface area contributed by atoms with Crippen LogP contribution in [0, 0.1) is 12.8 Å². The maximum absolute atomic E-state index is 2.45. The van der Waals surface area contributed by atoms with Crippen LogP contribution in [0.4, 0.5) is 0 Å². The Morgan fingerprint density at radius 3 is 2.29 bits per heavy atom. The van der Waals surface area contributed by atoms with E-state index in [9.17, 15) is 0 Å². The van der Waals surface area contributed by atoms with Crippen molar-refractivity contribution in [3.63, 3.8) is 0 Å². The van der Waals surface area contributed by atoms with Gasteiger partial charge in [0.25, 0.3) is 0 Å². The number of benzene rings is 5. The van der Waals surface area contributed by atoms with Crippen LogP contribution in [0.15, 0.2) is 134 Å². The van der Waals surface area contributed by atoms with Gasteiger partial charge in [-0.15, -0.1) is 0 Å². The van der Waals surface area contributed by atoms with Crippen LogP contribution in [0.25, 0.3) is 71.7 Å². The minimum atomic E-state index is 0.591. The maximum atomic E-state index is 2.45. The van der Waals surface area contributed by atoms with E-state index in [1.165, 1.54) is 88.4 Å². The zero-order valence-electron chi connectivity index (χ0n) is 29.3. The van der Waals surface area contributed by atoms with E-state index in [1.54, 1.807) is 0 Å². The summed E-state index contributed by atoms with van der Waals surface area (Å²) in [5, 5.41) is 5.33. The normalized spacial score (nSPS) is 15.4. The summed E-state index contributed by atoms with van der Waals surface area (Å²) in [7, 11) is 0. The van der Waals surface area contributed by atoms with Crippen molar-refractivity contribution < 1.29 is 0 Å². The molecular formula is C47H44N2. The molecule has 0 amide bonds. The van der Waals surface area contributed by atoms with Gasteiger partial charge in [0.15, 0.2) is 0 Å². The number of nitrogens with zero attached hydrogens (tertiary/aromatic N) is 2. The van der Waals surface area contributed by atoms with Crippen LogP contribution >= 0.6 is 0 Å². The predicted molar refractivity (Wildman–Crippen MR) is 214 cm³/mol. The number of allylic oxidation sites excluding steroid dienone is 8. The van der Waals surface area contributed by atoms with Gasteiger partial charge in [-0.25, -0.2) is 0 Å². The molecule has 0 aliphatic heterocycles. The zero-order valence-corrected chi connectivity index (χ0v) is 29.3. The van der Waals surface area contributed by atoms with Crippen LogP contribution in [0.3, 0.4) is 0 Å². The highest BCUT2D eigenvalue weighted by Gasteiger charge is 2.22. The lowest BCUT2D eigenvalue weighted by atomic mass is 9.88. The van der Waals surface area contributed by atoms with Crippen LogP contribution in [0.5, 0.6) is 0 Å². The molecule has 2 nitrogen and oxygen atoms in total. The highest BCUT2D eigenvalue weighted by molar-refractivity contribution is 6.16. The second-order valence-corrected chi connectivity index (χ2v) is 13.6. The summed E-state index contributed by atoms with van der Waals surface area (Å²) in [6.45, 7) is 11.2. The van der Waals surface area contributed by atoms with Gasteiger partial charge < -0.3 is 9.13 Å². The van der Waals surface area contributed by atoms with Crippen LogP contribution < -0.4 is 0 Å². The zero-order chi connectivity index (χ0) is 33.6. The Hall–Kier alpha value is -5.34. The molecular weight excluding hydrogens is 593 g/mol. The average Bonchev–Trinajstić information content (AvgIpc) is 3.65. The molecule has 1 atom stereocenters. The fourth-order valence-corrected chi connectivity index (χ4v) is 8.20. The largest absolute Gasteiger partial charge is 0.310 e. The predicted octanol–water partition coefficient (Wildman–Crippen LogP) is 13.2. The molecule has 0 saturated carbocycles. The Kier molecular flexibility index (Phi) is 7.96. The number of para-hydroxylation sites is 2.